The Hall–Kier alpha value is -6.85. The SMILES string of the molecule is Cn1c(=O)c2ccc(-c3cnc(CC4(C)COC4)nc3)cc2n1Cc1ccccc1OC(F)F.Cn1c(=O)c2ccc(-c3cnc(Cl)nc3)cc2n1Cc1ccccc1OC(F)F. The van der Waals surface area contributed by atoms with E-state index < -0.39 is 13.2 Å². The Morgan fingerprint density at radius 1 is 0.651 bits per heavy atom. The maximum absolute atomic E-state index is 12.9. The molecule has 1 aliphatic rings. The molecule has 0 amide bonds. The van der Waals surface area contributed by atoms with Gasteiger partial charge in [-0.25, -0.2) is 19.9 Å². The first-order valence-corrected chi connectivity index (χ1v) is 20.0. The Kier molecular flexibility index (Phi) is 12.1. The fourth-order valence-corrected chi connectivity index (χ4v) is 7.59. The van der Waals surface area contributed by atoms with Crippen molar-refractivity contribution in [1.82, 2.24) is 38.7 Å². The van der Waals surface area contributed by atoms with Crippen LogP contribution in [-0.4, -0.2) is 65.1 Å². The van der Waals surface area contributed by atoms with Gasteiger partial charge in [-0.05, 0) is 59.1 Å². The van der Waals surface area contributed by atoms with E-state index in [1.54, 1.807) is 103 Å². The predicted molar refractivity (Wildman–Crippen MR) is 228 cm³/mol. The van der Waals surface area contributed by atoms with Gasteiger partial charge in [0, 0.05) is 73.0 Å². The Morgan fingerprint density at radius 2 is 1.08 bits per heavy atom. The van der Waals surface area contributed by atoms with Gasteiger partial charge in [0.1, 0.15) is 17.3 Å². The van der Waals surface area contributed by atoms with Crippen molar-refractivity contribution in [3.8, 4) is 33.8 Å². The molecule has 1 fully saturated rings. The number of halogens is 5. The predicted octanol–water partition coefficient (Wildman–Crippen LogP) is 8.13. The maximum Gasteiger partial charge on any atom is 0.387 e. The Balaban J connectivity index is 0.000000175. The molecule has 0 aliphatic carbocycles. The number of hydrogen-bond acceptors (Lipinski definition) is 9. The molecule has 5 heterocycles. The summed E-state index contributed by atoms with van der Waals surface area (Å²) in [5, 5.41) is 1.19. The average Bonchev–Trinajstić information content (AvgIpc) is 3.64. The molecule has 18 heteroatoms. The highest BCUT2D eigenvalue weighted by atomic mass is 35.5. The number of rotatable bonds is 12. The quantitative estimate of drug-likeness (QED) is 0.0882. The van der Waals surface area contributed by atoms with Gasteiger partial charge >= 0.3 is 13.2 Å². The molecule has 0 unspecified atom stereocenters. The van der Waals surface area contributed by atoms with Crippen LogP contribution in [0.25, 0.3) is 44.1 Å². The maximum atomic E-state index is 12.9. The van der Waals surface area contributed by atoms with E-state index in [0.717, 1.165) is 34.5 Å². The molecule has 0 spiro atoms. The highest BCUT2D eigenvalue weighted by Crippen LogP contribution is 2.31. The van der Waals surface area contributed by atoms with E-state index in [2.05, 4.69) is 36.3 Å². The number of ether oxygens (including phenoxy) is 3. The largest absolute Gasteiger partial charge is 0.434 e. The third-order valence-electron chi connectivity index (χ3n) is 10.8. The smallest absolute Gasteiger partial charge is 0.387 e. The normalized spacial score (nSPS) is 13.3. The summed E-state index contributed by atoms with van der Waals surface area (Å²) < 4.78 is 72.2. The van der Waals surface area contributed by atoms with E-state index in [1.165, 1.54) is 21.5 Å². The second-order valence-electron chi connectivity index (χ2n) is 15.3. The second kappa shape index (κ2) is 17.9. The minimum Gasteiger partial charge on any atom is -0.434 e. The molecule has 0 bridgehead atoms. The number of hydrogen-bond donors (Lipinski definition) is 0. The van der Waals surface area contributed by atoms with Crippen LogP contribution in [0.15, 0.2) is 119 Å². The molecule has 8 aromatic rings. The number of fused-ring (bicyclic) bond motifs is 2. The van der Waals surface area contributed by atoms with Crippen LogP contribution < -0.4 is 20.6 Å². The molecule has 1 aliphatic heterocycles. The van der Waals surface area contributed by atoms with Crippen LogP contribution in [0.3, 0.4) is 0 Å². The zero-order chi connectivity index (χ0) is 44.4. The van der Waals surface area contributed by atoms with E-state index in [1.807, 2.05) is 18.2 Å². The van der Waals surface area contributed by atoms with Gasteiger partial charge in [-0.2, -0.15) is 17.6 Å². The van der Waals surface area contributed by atoms with Crippen molar-refractivity contribution in [1.29, 1.82) is 0 Å². The molecule has 13 nitrogen and oxygen atoms in total. The number of benzene rings is 4. The zero-order valence-electron chi connectivity index (χ0n) is 34.1. The molecule has 324 valence electrons. The van der Waals surface area contributed by atoms with Crippen molar-refractivity contribution in [2.75, 3.05) is 13.2 Å². The van der Waals surface area contributed by atoms with E-state index >= 15 is 0 Å². The number of aromatic nitrogens is 8. The van der Waals surface area contributed by atoms with Gasteiger partial charge in [0.15, 0.2) is 0 Å². The van der Waals surface area contributed by atoms with Crippen LogP contribution in [0.5, 0.6) is 11.5 Å². The summed E-state index contributed by atoms with van der Waals surface area (Å²) in [5.74, 6) is 0.916. The molecule has 0 saturated carbocycles. The molecule has 0 atom stereocenters. The monoisotopic (exact) mass is 882 g/mol. The first-order chi connectivity index (χ1) is 30.3. The van der Waals surface area contributed by atoms with Crippen LogP contribution >= 0.6 is 11.6 Å². The minimum atomic E-state index is -2.93. The van der Waals surface area contributed by atoms with Crippen LogP contribution in [0.1, 0.15) is 23.9 Å². The lowest BCUT2D eigenvalue weighted by molar-refractivity contribution is -0.101. The third kappa shape index (κ3) is 9.20. The van der Waals surface area contributed by atoms with Crippen molar-refractivity contribution < 1.29 is 31.8 Å². The van der Waals surface area contributed by atoms with Crippen molar-refractivity contribution in [3.05, 3.63) is 153 Å². The van der Waals surface area contributed by atoms with Gasteiger partial charge in [0.2, 0.25) is 5.28 Å². The molecule has 1 saturated heterocycles. The van der Waals surface area contributed by atoms with E-state index in [9.17, 15) is 27.2 Å². The number of nitrogens with zero attached hydrogens (tertiary/aromatic N) is 8. The van der Waals surface area contributed by atoms with Crippen LogP contribution in [0.2, 0.25) is 5.28 Å². The lowest BCUT2D eigenvalue weighted by atomic mass is 9.85. The van der Waals surface area contributed by atoms with Crippen LogP contribution in [-0.2, 0) is 38.3 Å². The summed E-state index contributed by atoms with van der Waals surface area (Å²) >= 11 is 5.75. The van der Waals surface area contributed by atoms with E-state index in [4.69, 9.17) is 16.3 Å². The van der Waals surface area contributed by atoms with Crippen LogP contribution in [0, 0.1) is 5.41 Å². The van der Waals surface area contributed by atoms with Crippen LogP contribution in [0.4, 0.5) is 17.6 Å². The van der Waals surface area contributed by atoms with Crippen molar-refractivity contribution in [3.63, 3.8) is 0 Å². The molecular weight excluding hydrogens is 844 g/mol. The van der Waals surface area contributed by atoms with E-state index in [-0.39, 0.29) is 46.4 Å². The summed E-state index contributed by atoms with van der Waals surface area (Å²) in [4.78, 5) is 42.5. The lowest BCUT2D eigenvalue weighted by Gasteiger charge is -2.37. The van der Waals surface area contributed by atoms with Gasteiger partial charge in [0.25, 0.3) is 11.1 Å². The Morgan fingerprint density at radius 3 is 1.49 bits per heavy atom. The van der Waals surface area contributed by atoms with Crippen molar-refractivity contribution in [2.24, 2.45) is 19.5 Å². The van der Waals surface area contributed by atoms with Gasteiger partial charge in [0.05, 0.1) is 48.1 Å². The number of alkyl halides is 4. The molecule has 0 radical (unpaired) electrons. The third-order valence-corrected chi connectivity index (χ3v) is 11.0. The van der Waals surface area contributed by atoms with Gasteiger partial charge < -0.3 is 14.2 Å². The van der Waals surface area contributed by atoms with Gasteiger partial charge in [-0.1, -0.05) is 55.5 Å². The molecule has 4 aromatic carbocycles. The van der Waals surface area contributed by atoms with Crippen molar-refractivity contribution in [2.45, 2.75) is 39.7 Å². The molecule has 4 aromatic heterocycles. The first-order valence-electron chi connectivity index (χ1n) is 19.6. The summed E-state index contributed by atoms with van der Waals surface area (Å²) in [5.41, 5.74) is 5.34. The average molecular weight is 883 g/mol. The lowest BCUT2D eigenvalue weighted by Crippen LogP contribution is -2.41. The molecule has 63 heavy (non-hydrogen) atoms. The molecule has 9 rings (SSSR count). The van der Waals surface area contributed by atoms with Gasteiger partial charge in [-0.3, -0.25) is 28.3 Å². The van der Waals surface area contributed by atoms with Crippen molar-refractivity contribution >= 4 is 33.4 Å². The highest BCUT2D eigenvalue weighted by molar-refractivity contribution is 6.28. The standard InChI is InChI=1S/C25H24F2N4O3.C20H15ClF2N4O2/c1-25(14-33-15-25)10-22-28-11-18(12-29-22)16-7-8-19-20(9-16)31(30(2)23(19)32)13-17-5-3-4-6-21(17)34-24(26)27;1-26-18(28)15-7-6-12(14-9-24-19(21)25-10-14)8-16(15)27(26)11-13-4-2-3-5-17(13)29-20(22)23/h3-9,11-12,24H,10,13-15H2,1-2H3;2-10,20H,11H2,1H3. The fraction of sp³-hybridized carbons (Fsp3) is 0.244. The Labute approximate surface area is 361 Å². The van der Waals surface area contributed by atoms with E-state index in [0.29, 0.717) is 46.1 Å². The molecule has 0 N–H and O–H groups in total. The van der Waals surface area contributed by atoms with Gasteiger partial charge in [-0.15, -0.1) is 0 Å². The Bertz CT molecular complexity index is 3040. The fourth-order valence-electron chi connectivity index (χ4n) is 7.49. The summed E-state index contributed by atoms with van der Waals surface area (Å²) in [7, 11) is 3.28. The summed E-state index contributed by atoms with van der Waals surface area (Å²) in [6.45, 7) is -1.91. The zero-order valence-corrected chi connectivity index (χ0v) is 34.8. The first kappa shape index (κ1) is 42.8. The topological polar surface area (TPSA) is 133 Å². The number of para-hydroxylation sites is 2. The second-order valence-corrected chi connectivity index (χ2v) is 15.7. The minimum absolute atomic E-state index is 0.0686. The molecular formula is C45H39ClF4N8O5. The summed E-state index contributed by atoms with van der Waals surface area (Å²) in [6, 6.07) is 24.0. The highest BCUT2D eigenvalue weighted by Gasteiger charge is 2.34. The summed E-state index contributed by atoms with van der Waals surface area (Å²) in [6.07, 6.45) is 7.50.